The van der Waals surface area contributed by atoms with Gasteiger partial charge in [-0.2, -0.15) is 5.10 Å². The van der Waals surface area contributed by atoms with E-state index in [2.05, 4.69) is 41.6 Å². The summed E-state index contributed by atoms with van der Waals surface area (Å²) in [7, 11) is 0. The third-order valence-electron chi connectivity index (χ3n) is 5.84. The van der Waals surface area contributed by atoms with Gasteiger partial charge in [-0.15, -0.1) is 0 Å². The van der Waals surface area contributed by atoms with Crippen LogP contribution in [0.5, 0.6) is 0 Å². The van der Waals surface area contributed by atoms with Crippen molar-refractivity contribution in [2.45, 2.75) is 45.6 Å². The van der Waals surface area contributed by atoms with E-state index in [0.29, 0.717) is 19.6 Å². The van der Waals surface area contributed by atoms with E-state index in [0.717, 1.165) is 43.5 Å². The molecule has 4 rings (SSSR count). The van der Waals surface area contributed by atoms with E-state index < -0.39 is 0 Å². The molecule has 1 N–H and O–H groups in total. The van der Waals surface area contributed by atoms with Gasteiger partial charge in [-0.25, -0.2) is 4.68 Å². The van der Waals surface area contributed by atoms with Crippen LogP contribution in [0.3, 0.4) is 0 Å². The predicted octanol–water partition coefficient (Wildman–Crippen LogP) is 3.08. The van der Waals surface area contributed by atoms with E-state index in [4.69, 9.17) is 0 Å². The summed E-state index contributed by atoms with van der Waals surface area (Å²) in [4.78, 5) is 26.8. The molecule has 1 aliphatic carbocycles. The number of aryl methyl sites for hydroxylation is 1. The second kappa shape index (κ2) is 8.17. The summed E-state index contributed by atoms with van der Waals surface area (Å²) in [6.07, 6.45) is 6.27. The van der Waals surface area contributed by atoms with E-state index in [9.17, 15) is 9.59 Å². The molecule has 2 heterocycles. The highest BCUT2D eigenvalue weighted by Gasteiger charge is 2.36. The van der Waals surface area contributed by atoms with Gasteiger partial charge in [-0.3, -0.25) is 9.59 Å². The third kappa shape index (κ3) is 4.26. The van der Waals surface area contributed by atoms with E-state index >= 15 is 0 Å². The number of benzene rings is 1. The Balaban J connectivity index is 1.32. The molecule has 28 heavy (non-hydrogen) atoms. The van der Waals surface area contributed by atoms with Crippen LogP contribution in [0.2, 0.25) is 0 Å². The zero-order chi connectivity index (χ0) is 19.5. The SMILES string of the molecule is CCc1ccc(Cn2nccc2NC(=O)C2CCN(C(=O)C3CC3)CC2)cc1. The minimum absolute atomic E-state index is 0.0293. The zero-order valence-corrected chi connectivity index (χ0v) is 16.4. The molecule has 6 nitrogen and oxygen atoms in total. The third-order valence-corrected chi connectivity index (χ3v) is 5.84. The molecule has 2 fully saturated rings. The monoisotopic (exact) mass is 380 g/mol. The van der Waals surface area contributed by atoms with Gasteiger partial charge in [0.2, 0.25) is 11.8 Å². The van der Waals surface area contributed by atoms with E-state index in [1.165, 1.54) is 5.56 Å². The van der Waals surface area contributed by atoms with Crippen molar-refractivity contribution < 1.29 is 9.59 Å². The van der Waals surface area contributed by atoms with Gasteiger partial charge in [-0.1, -0.05) is 31.2 Å². The van der Waals surface area contributed by atoms with Crippen LogP contribution in [0.1, 0.15) is 43.7 Å². The largest absolute Gasteiger partial charge is 0.342 e. The summed E-state index contributed by atoms with van der Waals surface area (Å²) in [5, 5.41) is 7.40. The number of carbonyl (C=O) groups excluding carboxylic acids is 2. The van der Waals surface area contributed by atoms with Crippen LogP contribution in [-0.4, -0.2) is 39.6 Å². The first-order valence-electron chi connectivity index (χ1n) is 10.3. The van der Waals surface area contributed by atoms with Crippen molar-refractivity contribution in [2.24, 2.45) is 11.8 Å². The van der Waals surface area contributed by atoms with Crippen LogP contribution in [0.4, 0.5) is 5.82 Å². The molecule has 0 bridgehead atoms. The number of hydrogen-bond donors (Lipinski definition) is 1. The topological polar surface area (TPSA) is 67.2 Å². The van der Waals surface area contributed by atoms with Gasteiger partial charge in [0.05, 0.1) is 12.7 Å². The minimum Gasteiger partial charge on any atom is -0.342 e. The molecule has 1 saturated heterocycles. The maximum absolute atomic E-state index is 12.7. The smallest absolute Gasteiger partial charge is 0.228 e. The predicted molar refractivity (Wildman–Crippen MR) is 108 cm³/mol. The number of piperidine rings is 1. The van der Waals surface area contributed by atoms with Crippen LogP contribution in [-0.2, 0) is 22.6 Å². The van der Waals surface area contributed by atoms with Gasteiger partial charge in [0.25, 0.3) is 0 Å². The Morgan fingerprint density at radius 3 is 2.32 bits per heavy atom. The van der Waals surface area contributed by atoms with Gasteiger partial charge in [0, 0.05) is 31.0 Å². The van der Waals surface area contributed by atoms with Crippen molar-refractivity contribution in [3.63, 3.8) is 0 Å². The van der Waals surface area contributed by atoms with Crippen LogP contribution >= 0.6 is 0 Å². The van der Waals surface area contributed by atoms with E-state index in [1.807, 2.05) is 15.6 Å². The average molecular weight is 380 g/mol. The molecule has 2 aliphatic rings. The highest BCUT2D eigenvalue weighted by molar-refractivity contribution is 5.92. The Kier molecular flexibility index (Phi) is 5.46. The summed E-state index contributed by atoms with van der Waals surface area (Å²) in [6, 6.07) is 10.3. The van der Waals surface area contributed by atoms with Gasteiger partial charge >= 0.3 is 0 Å². The number of nitrogens with zero attached hydrogens (tertiary/aromatic N) is 3. The van der Waals surface area contributed by atoms with Crippen LogP contribution in [0.25, 0.3) is 0 Å². The standard InChI is InChI=1S/C22H28N4O2/c1-2-16-3-5-17(6-4-16)15-26-20(9-12-23-26)24-21(27)18-10-13-25(14-11-18)22(28)19-7-8-19/h3-6,9,12,18-19H,2,7-8,10-11,13-15H2,1H3,(H,24,27). The normalized spacial score (nSPS) is 17.5. The van der Waals surface area contributed by atoms with Crippen molar-refractivity contribution >= 4 is 17.6 Å². The highest BCUT2D eigenvalue weighted by atomic mass is 16.2. The lowest BCUT2D eigenvalue weighted by Gasteiger charge is -2.31. The molecule has 0 atom stereocenters. The van der Waals surface area contributed by atoms with Crippen LogP contribution in [0, 0.1) is 11.8 Å². The van der Waals surface area contributed by atoms with Gasteiger partial charge in [0.15, 0.2) is 0 Å². The maximum Gasteiger partial charge on any atom is 0.228 e. The second-order valence-corrected chi connectivity index (χ2v) is 7.91. The summed E-state index contributed by atoms with van der Waals surface area (Å²) in [5.74, 6) is 1.25. The van der Waals surface area contributed by atoms with E-state index in [-0.39, 0.29) is 23.7 Å². The average Bonchev–Trinajstić information content (AvgIpc) is 3.50. The fourth-order valence-corrected chi connectivity index (χ4v) is 3.80. The van der Waals surface area contributed by atoms with Crippen LogP contribution < -0.4 is 5.32 Å². The maximum atomic E-state index is 12.7. The minimum atomic E-state index is -0.0459. The molecule has 1 aromatic carbocycles. The van der Waals surface area contributed by atoms with Crippen LogP contribution in [0.15, 0.2) is 36.5 Å². The molecule has 148 valence electrons. The summed E-state index contributed by atoms with van der Waals surface area (Å²) in [5.41, 5.74) is 2.47. The first-order chi connectivity index (χ1) is 13.6. The summed E-state index contributed by atoms with van der Waals surface area (Å²) in [6.45, 7) is 4.15. The number of amides is 2. The number of carbonyl (C=O) groups is 2. The molecule has 0 spiro atoms. The van der Waals surface area contributed by atoms with Gasteiger partial charge < -0.3 is 10.2 Å². The molecule has 6 heteroatoms. The Bertz CT molecular complexity index is 830. The number of likely N-dealkylation sites (tertiary alicyclic amines) is 1. The van der Waals surface area contributed by atoms with Gasteiger partial charge in [0.1, 0.15) is 5.82 Å². The zero-order valence-electron chi connectivity index (χ0n) is 16.4. The number of hydrogen-bond acceptors (Lipinski definition) is 3. The lowest BCUT2D eigenvalue weighted by molar-refractivity contribution is -0.135. The van der Waals surface area contributed by atoms with Crippen molar-refractivity contribution in [2.75, 3.05) is 18.4 Å². The first-order valence-corrected chi connectivity index (χ1v) is 10.3. The summed E-state index contributed by atoms with van der Waals surface area (Å²) >= 11 is 0. The first kappa shape index (κ1) is 18.7. The molecule has 0 radical (unpaired) electrons. The van der Waals surface area contributed by atoms with Crippen molar-refractivity contribution in [3.8, 4) is 0 Å². The Hall–Kier alpha value is -2.63. The lowest BCUT2D eigenvalue weighted by Crippen LogP contribution is -2.42. The molecule has 2 amide bonds. The van der Waals surface area contributed by atoms with Crippen molar-refractivity contribution in [3.05, 3.63) is 47.7 Å². The fraction of sp³-hybridized carbons (Fsp3) is 0.500. The number of anilines is 1. The molecule has 2 aromatic rings. The highest BCUT2D eigenvalue weighted by Crippen LogP contribution is 2.32. The Morgan fingerprint density at radius 1 is 1.00 bits per heavy atom. The lowest BCUT2D eigenvalue weighted by atomic mass is 9.95. The summed E-state index contributed by atoms with van der Waals surface area (Å²) < 4.78 is 1.82. The quantitative estimate of drug-likeness (QED) is 0.837. The van der Waals surface area contributed by atoms with E-state index in [1.54, 1.807) is 6.20 Å². The van der Waals surface area contributed by atoms with Gasteiger partial charge in [-0.05, 0) is 43.2 Å². The molecule has 1 saturated carbocycles. The van der Waals surface area contributed by atoms with Crippen molar-refractivity contribution in [1.82, 2.24) is 14.7 Å². The fourth-order valence-electron chi connectivity index (χ4n) is 3.80. The molecular weight excluding hydrogens is 352 g/mol. The molecule has 0 unspecified atom stereocenters. The second-order valence-electron chi connectivity index (χ2n) is 7.91. The number of nitrogens with one attached hydrogen (secondary N) is 1. The number of aromatic nitrogens is 2. The molecule has 1 aliphatic heterocycles. The molecule has 1 aromatic heterocycles. The number of rotatable bonds is 6. The molecular formula is C22H28N4O2. The Morgan fingerprint density at radius 2 is 1.68 bits per heavy atom. The van der Waals surface area contributed by atoms with Crippen molar-refractivity contribution in [1.29, 1.82) is 0 Å². The Labute approximate surface area is 165 Å².